The third-order valence-corrected chi connectivity index (χ3v) is 2.37. The van der Waals surface area contributed by atoms with Crippen LogP contribution in [0.4, 0.5) is 0 Å². The van der Waals surface area contributed by atoms with Gasteiger partial charge in [0.25, 0.3) is 0 Å². The predicted molar refractivity (Wildman–Crippen MR) is 61.7 cm³/mol. The van der Waals surface area contributed by atoms with E-state index >= 15 is 0 Å². The summed E-state index contributed by atoms with van der Waals surface area (Å²) in [7, 11) is 1.62. The third kappa shape index (κ3) is 5.56. The fourth-order valence-electron chi connectivity index (χ4n) is 1.49. The van der Waals surface area contributed by atoms with Gasteiger partial charge in [-0.1, -0.05) is 5.11 Å². The standard InChI is InChI=1S/C10H19N5O/c1-9(2,16-4)7-10(3,8-11)13-5-6-14-15-12/h13H,5-7H2,1-4H3. The van der Waals surface area contributed by atoms with Crippen LogP contribution in [0.15, 0.2) is 5.11 Å². The highest BCUT2D eigenvalue weighted by Crippen LogP contribution is 2.22. The van der Waals surface area contributed by atoms with Crippen LogP contribution in [0, 0.1) is 11.3 Å². The van der Waals surface area contributed by atoms with Crippen LogP contribution in [-0.4, -0.2) is 31.3 Å². The van der Waals surface area contributed by atoms with Crippen molar-refractivity contribution in [2.24, 2.45) is 5.11 Å². The molecule has 0 aromatic carbocycles. The Kier molecular flexibility index (Phi) is 5.83. The van der Waals surface area contributed by atoms with Crippen LogP contribution in [0.1, 0.15) is 27.2 Å². The number of hydrogen-bond donors (Lipinski definition) is 1. The number of hydrogen-bond acceptors (Lipinski definition) is 4. The van der Waals surface area contributed by atoms with E-state index in [9.17, 15) is 0 Å². The molecule has 1 atom stereocenters. The highest BCUT2D eigenvalue weighted by atomic mass is 16.5. The lowest BCUT2D eigenvalue weighted by molar-refractivity contribution is 0.00131. The topological polar surface area (TPSA) is 93.8 Å². The quantitative estimate of drug-likeness (QED) is 0.310. The van der Waals surface area contributed by atoms with Crippen molar-refractivity contribution in [1.82, 2.24) is 5.32 Å². The Hall–Kier alpha value is -1.28. The molecule has 0 aliphatic rings. The average Bonchev–Trinajstić information content (AvgIpc) is 2.24. The number of nitrogens with zero attached hydrogens (tertiary/aromatic N) is 4. The molecule has 0 amide bonds. The zero-order valence-electron chi connectivity index (χ0n) is 10.3. The highest BCUT2D eigenvalue weighted by molar-refractivity contribution is 5.06. The normalized spacial score (nSPS) is 14.7. The van der Waals surface area contributed by atoms with E-state index in [1.54, 1.807) is 7.11 Å². The molecule has 0 spiro atoms. The fraction of sp³-hybridized carbons (Fsp3) is 0.900. The molecule has 6 nitrogen and oxygen atoms in total. The molecule has 1 N–H and O–H groups in total. The van der Waals surface area contributed by atoms with Gasteiger partial charge in [-0.05, 0) is 26.3 Å². The van der Waals surface area contributed by atoms with Crippen LogP contribution >= 0.6 is 0 Å². The van der Waals surface area contributed by atoms with Gasteiger partial charge in [-0.2, -0.15) is 5.26 Å². The maximum Gasteiger partial charge on any atom is 0.106 e. The molecule has 0 rings (SSSR count). The molecule has 0 heterocycles. The molecule has 0 bridgehead atoms. The molecule has 0 saturated heterocycles. The Bertz CT molecular complexity index is 303. The van der Waals surface area contributed by atoms with Gasteiger partial charge in [-0.15, -0.1) is 0 Å². The number of ether oxygens (including phenoxy) is 1. The van der Waals surface area contributed by atoms with E-state index in [1.807, 2.05) is 20.8 Å². The molecule has 0 radical (unpaired) electrons. The van der Waals surface area contributed by atoms with Crippen molar-refractivity contribution in [3.63, 3.8) is 0 Å². The van der Waals surface area contributed by atoms with Gasteiger partial charge < -0.3 is 4.74 Å². The molecule has 0 fully saturated rings. The zero-order valence-corrected chi connectivity index (χ0v) is 10.3. The summed E-state index contributed by atoms with van der Waals surface area (Å²) in [6, 6.07) is 2.22. The van der Waals surface area contributed by atoms with Crippen LogP contribution in [0.5, 0.6) is 0 Å². The Morgan fingerprint density at radius 1 is 1.50 bits per heavy atom. The Morgan fingerprint density at radius 2 is 2.12 bits per heavy atom. The summed E-state index contributed by atoms with van der Waals surface area (Å²) in [4.78, 5) is 2.65. The van der Waals surface area contributed by atoms with Crippen molar-refractivity contribution in [3.8, 4) is 6.07 Å². The molecule has 0 aromatic heterocycles. The van der Waals surface area contributed by atoms with Crippen molar-refractivity contribution in [2.45, 2.75) is 38.3 Å². The van der Waals surface area contributed by atoms with Crippen LogP contribution in [0.2, 0.25) is 0 Å². The molecule has 90 valence electrons. The summed E-state index contributed by atoms with van der Waals surface area (Å²) in [5.41, 5.74) is 7.08. The van der Waals surface area contributed by atoms with Crippen molar-refractivity contribution in [3.05, 3.63) is 10.4 Å². The van der Waals surface area contributed by atoms with Gasteiger partial charge in [-0.25, -0.2) is 0 Å². The number of methoxy groups -OCH3 is 1. The van der Waals surface area contributed by atoms with E-state index in [4.69, 9.17) is 15.5 Å². The van der Waals surface area contributed by atoms with Gasteiger partial charge in [0.2, 0.25) is 0 Å². The summed E-state index contributed by atoms with van der Waals surface area (Å²) in [6.45, 7) is 6.48. The van der Waals surface area contributed by atoms with Crippen LogP contribution in [0.3, 0.4) is 0 Å². The molecule has 0 aromatic rings. The lowest BCUT2D eigenvalue weighted by atomic mass is 9.89. The Balaban J connectivity index is 4.32. The van der Waals surface area contributed by atoms with Crippen LogP contribution in [-0.2, 0) is 4.74 Å². The summed E-state index contributed by atoms with van der Waals surface area (Å²) >= 11 is 0. The molecule has 6 heteroatoms. The van der Waals surface area contributed by atoms with E-state index in [1.165, 1.54) is 0 Å². The first-order valence-corrected chi connectivity index (χ1v) is 5.11. The van der Waals surface area contributed by atoms with Crippen molar-refractivity contribution < 1.29 is 4.74 Å². The van der Waals surface area contributed by atoms with Crippen molar-refractivity contribution in [2.75, 3.05) is 20.2 Å². The first kappa shape index (κ1) is 14.7. The summed E-state index contributed by atoms with van der Waals surface area (Å²) in [5.74, 6) is 0. The van der Waals surface area contributed by atoms with Gasteiger partial charge in [0.1, 0.15) is 5.54 Å². The minimum atomic E-state index is -0.676. The maximum absolute atomic E-state index is 9.13. The monoisotopic (exact) mass is 225 g/mol. The molecule has 1 unspecified atom stereocenters. The van der Waals surface area contributed by atoms with E-state index in [0.29, 0.717) is 19.5 Å². The van der Waals surface area contributed by atoms with Crippen LogP contribution < -0.4 is 5.32 Å². The Labute approximate surface area is 96.2 Å². The van der Waals surface area contributed by atoms with E-state index in [2.05, 4.69) is 21.4 Å². The summed E-state index contributed by atoms with van der Waals surface area (Å²) in [5, 5.41) is 15.6. The van der Waals surface area contributed by atoms with Crippen LogP contribution in [0.25, 0.3) is 10.4 Å². The predicted octanol–water partition coefficient (Wildman–Crippen LogP) is 1.98. The second-order valence-corrected chi connectivity index (χ2v) is 4.47. The number of azide groups is 1. The largest absolute Gasteiger partial charge is 0.379 e. The van der Waals surface area contributed by atoms with E-state index < -0.39 is 5.54 Å². The summed E-state index contributed by atoms with van der Waals surface area (Å²) < 4.78 is 5.29. The van der Waals surface area contributed by atoms with Gasteiger partial charge in [0.05, 0.1) is 11.7 Å². The summed E-state index contributed by atoms with van der Waals surface area (Å²) in [6.07, 6.45) is 0.559. The number of nitriles is 1. The molecular formula is C10H19N5O. The minimum absolute atomic E-state index is 0.335. The molecule has 0 aliphatic carbocycles. The molecule has 0 saturated carbocycles. The third-order valence-electron chi connectivity index (χ3n) is 2.37. The molecular weight excluding hydrogens is 206 g/mol. The van der Waals surface area contributed by atoms with Gasteiger partial charge in [0.15, 0.2) is 0 Å². The van der Waals surface area contributed by atoms with Gasteiger partial charge in [0, 0.05) is 31.5 Å². The number of rotatable bonds is 7. The SMILES string of the molecule is COC(C)(C)CC(C)(C#N)NCCN=[N+]=[N-]. The maximum atomic E-state index is 9.13. The second-order valence-electron chi connectivity index (χ2n) is 4.47. The lowest BCUT2D eigenvalue weighted by Crippen LogP contribution is -2.47. The number of nitrogens with one attached hydrogen (secondary N) is 1. The fourth-order valence-corrected chi connectivity index (χ4v) is 1.49. The zero-order chi connectivity index (χ0) is 12.7. The van der Waals surface area contributed by atoms with Crippen molar-refractivity contribution >= 4 is 0 Å². The Morgan fingerprint density at radius 3 is 2.56 bits per heavy atom. The minimum Gasteiger partial charge on any atom is -0.379 e. The van der Waals surface area contributed by atoms with Gasteiger partial charge >= 0.3 is 0 Å². The second kappa shape index (κ2) is 6.33. The molecule has 0 aliphatic heterocycles. The first-order chi connectivity index (χ1) is 7.39. The van der Waals surface area contributed by atoms with Gasteiger partial charge in [-0.3, -0.25) is 5.32 Å². The average molecular weight is 225 g/mol. The van der Waals surface area contributed by atoms with Crippen molar-refractivity contribution in [1.29, 1.82) is 5.26 Å². The van der Waals surface area contributed by atoms with E-state index in [-0.39, 0.29) is 5.60 Å². The lowest BCUT2D eigenvalue weighted by Gasteiger charge is -2.32. The smallest absolute Gasteiger partial charge is 0.106 e. The first-order valence-electron chi connectivity index (χ1n) is 5.11. The highest BCUT2D eigenvalue weighted by Gasteiger charge is 2.31. The molecule has 16 heavy (non-hydrogen) atoms. The van der Waals surface area contributed by atoms with E-state index in [0.717, 1.165) is 0 Å².